The molecule has 0 rings (SSSR count). The average molecular weight is 481 g/mol. The van der Waals surface area contributed by atoms with E-state index in [0.29, 0.717) is 19.8 Å². The van der Waals surface area contributed by atoms with Gasteiger partial charge in [-0.25, -0.2) is 0 Å². The third-order valence-electron chi connectivity index (χ3n) is 1.53. The van der Waals surface area contributed by atoms with Crippen molar-refractivity contribution in [3.8, 4) is 0 Å². The molecule has 0 amide bonds. The highest BCUT2D eigenvalue weighted by Gasteiger charge is 2.37. The van der Waals surface area contributed by atoms with E-state index in [1.165, 1.54) is 0 Å². The lowest BCUT2D eigenvalue weighted by Crippen LogP contribution is -2.45. The molecule has 0 aliphatic rings. The first-order chi connectivity index (χ1) is 11.7. The van der Waals surface area contributed by atoms with Gasteiger partial charge in [-0.15, -0.1) is 0 Å². The molecule has 0 aromatic carbocycles. The Balaban J connectivity index is -0.0000000875. The molecule has 0 aromatic heterocycles. The van der Waals surface area contributed by atoms with Crippen LogP contribution in [0.15, 0.2) is 0 Å². The minimum Gasteiger partial charge on any atom is -0.374 e. The highest BCUT2D eigenvalue weighted by Crippen LogP contribution is 2.27. The Labute approximate surface area is 169 Å². The van der Waals surface area contributed by atoms with Crippen LogP contribution in [0, 0.1) is 0 Å². The molecule has 0 unspecified atom stereocenters. The summed E-state index contributed by atoms with van der Waals surface area (Å²) in [5.41, 5.74) is 0. The lowest BCUT2D eigenvalue weighted by atomic mass is 10.9. The van der Waals surface area contributed by atoms with Gasteiger partial charge in [-0.2, -0.15) is 0 Å². The average Bonchev–Trinajstić information content (AvgIpc) is 2.49. The first kappa shape index (κ1) is 37.8. The quantitative estimate of drug-likeness (QED) is 0.236. The summed E-state index contributed by atoms with van der Waals surface area (Å²) in [6.45, 7) is 10.3. The van der Waals surface area contributed by atoms with Crippen molar-refractivity contribution in [1.82, 2.24) is 0 Å². The minimum absolute atomic E-state index is 0.667. The Morgan fingerprint density at radius 2 is 0.769 bits per heavy atom. The van der Waals surface area contributed by atoms with E-state index in [9.17, 15) is 0 Å². The maximum absolute atomic E-state index is 7.56. The van der Waals surface area contributed by atoms with E-state index in [4.69, 9.17) is 42.6 Å². The van der Waals surface area contributed by atoms with Gasteiger partial charge in [0.25, 0.3) is 0 Å². The van der Waals surface area contributed by atoms with Crippen molar-refractivity contribution in [2.75, 3.05) is 19.8 Å². The van der Waals surface area contributed by atoms with Gasteiger partial charge in [0.15, 0.2) is 0 Å². The molecule has 0 fully saturated rings. The molecular formula is C12H38O9P2S2Si. The van der Waals surface area contributed by atoms with E-state index >= 15 is 0 Å². The van der Waals surface area contributed by atoms with Gasteiger partial charge in [0.1, 0.15) is 0 Å². The Morgan fingerprint density at radius 3 is 0.846 bits per heavy atom. The summed E-state index contributed by atoms with van der Waals surface area (Å²) in [7, 11) is -2.27. The Hall–Kier alpha value is 1.16. The van der Waals surface area contributed by atoms with E-state index in [1.54, 1.807) is 0 Å². The van der Waals surface area contributed by atoms with E-state index in [1.807, 2.05) is 55.4 Å². The van der Waals surface area contributed by atoms with Crippen molar-refractivity contribution < 1.29 is 42.6 Å². The molecule has 6 N–H and O–H groups in total. The van der Waals surface area contributed by atoms with Crippen LogP contribution >= 0.6 is 13.4 Å². The summed E-state index contributed by atoms with van der Waals surface area (Å²) in [5, 5.41) is 0. The fourth-order valence-electron chi connectivity index (χ4n) is 1.09. The summed E-state index contributed by atoms with van der Waals surface area (Å²) in [6.07, 6.45) is 0. The molecule has 0 heterocycles. The van der Waals surface area contributed by atoms with Gasteiger partial charge in [-0.1, -0.05) is 34.6 Å². The second-order valence-electron chi connectivity index (χ2n) is 3.36. The molecule has 0 aliphatic heterocycles. The highest BCUT2D eigenvalue weighted by molar-refractivity contribution is 8.06. The monoisotopic (exact) mass is 480 g/mol. The first-order valence-electron chi connectivity index (χ1n) is 8.23. The molecule has 0 saturated carbocycles. The van der Waals surface area contributed by atoms with Gasteiger partial charge in [0, 0.05) is 25.9 Å². The van der Waals surface area contributed by atoms with Crippen molar-refractivity contribution in [3.63, 3.8) is 0 Å². The SMILES string of the molecule is CC.CC.CCO[Si](CC)(OCC)OCC.OP(O)(O)=S.OP(O)(O)=S. The third kappa shape index (κ3) is 56.2. The van der Waals surface area contributed by atoms with Crippen molar-refractivity contribution in [2.24, 2.45) is 0 Å². The first-order valence-corrected chi connectivity index (χ1v) is 15.5. The summed E-state index contributed by atoms with van der Waals surface area (Å²) in [6, 6.07) is 0.850. The molecule has 14 heteroatoms. The van der Waals surface area contributed by atoms with Crippen LogP contribution in [0.5, 0.6) is 0 Å². The predicted molar refractivity (Wildman–Crippen MR) is 116 cm³/mol. The Bertz CT molecular complexity index is 300. The molecule has 0 spiro atoms. The van der Waals surface area contributed by atoms with Crippen molar-refractivity contribution in [3.05, 3.63) is 0 Å². The van der Waals surface area contributed by atoms with Gasteiger partial charge in [-0.05, 0) is 44.4 Å². The minimum atomic E-state index is -3.81. The third-order valence-corrected chi connectivity index (χ3v) is 4.58. The molecule has 26 heavy (non-hydrogen) atoms. The maximum Gasteiger partial charge on any atom is 0.500 e. The molecule has 0 atom stereocenters. The smallest absolute Gasteiger partial charge is 0.374 e. The van der Waals surface area contributed by atoms with Crippen LogP contribution in [0.25, 0.3) is 0 Å². The number of rotatable bonds is 7. The zero-order valence-electron chi connectivity index (χ0n) is 16.9. The van der Waals surface area contributed by atoms with E-state index in [0.717, 1.165) is 6.04 Å². The Morgan fingerprint density at radius 1 is 0.615 bits per heavy atom. The van der Waals surface area contributed by atoms with Crippen molar-refractivity contribution in [1.29, 1.82) is 0 Å². The van der Waals surface area contributed by atoms with Crippen LogP contribution in [-0.4, -0.2) is 58.0 Å². The van der Waals surface area contributed by atoms with Crippen LogP contribution in [0.3, 0.4) is 0 Å². The van der Waals surface area contributed by atoms with Crippen LogP contribution in [0.2, 0.25) is 6.04 Å². The zero-order valence-corrected chi connectivity index (χ0v) is 21.4. The molecular weight excluding hydrogens is 442 g/mol. The zero-order chi connectivity index (χ0) is 22.4. The molecule has 9 nitrogen and oxygen atoms in total. The van der Waals surface area contributed by atoms with Gasteiger partial charge in [0.2, 0.25) is 0 Å². The summed E-state index contributed by atoms with van der Waals surface area (Å²) < 4.78 is 16.7. The molecule has 0 aromatic rings. The van der Waals surface area contributed by atoms with Crippen LogP contribution in [0.1, 0.15) is 55.4 Å². The van der Waals surface area contributed by atoms with Gasteiger partial charge >= 0.3 is 22.2 Å². The normalized spacial score (nSPS) is 10.5. The Kier molecular flexibility index (Phi) is 35.2. The van der Waals surface area contributed by atoms with Crippen LogP contribution in [-0.2, 0) is 36.9 Å². The lowest BCUT2D eigenvalue weighted by Gasteiger charge is -2.26. The summed E-state index contributed by atoms with van der Waals surface area (Å²) >= 11 is 7.21. The predicted octanol–water partition coefficient (Wildman–Crippen LogP) is 2.48. The van der Waals surface area contributed by atoms with E-state index < -0.39 is 22.2 Å². The molecule has 0 bridgehead atoms. The molecule has 166 valence electrons. The number of hydrogen-bond donors (Lipinski definition) is 6. The van der Waals surface area contributed by atoms with Crippen molar-refractivity contribution in [2.45, 2.75) is 61.4 Å². The molecule has 0 radical (unpaired) electrons. The van der Waals surface area contributed by atoms with Crippen molar-refractivity contribution >= 4 is 45.9 Å². The standard InChI is InChI=1S/C8H20O3Si.2C2H6.2H3O3PS/c1-5-9-12(8-4,10-6-2)11-7-3;2*1-2;2*1-4(2,3)5/h5-8H2,1-4H3;2*1-2H3;2*(H3,1,2,3,5). The fourth-order valence-corrected chi connectivity index (χ4v) is 3.27. The summed E-state index contributed by atoms with van der Waals surface area (Å²) in [4.78, 5) is 45.3. The molecule has 0 aliphatic carbocycles. The van der Waals surface area contributed by atoms with Gasteiger partial charge in [0.05, 0.1) is 0 Å². The number of hydrogen-bond acceptors (Lipinski definition) is 5. The fraction of sp³-hybridized carbons (Fsp3) is 1.00. The van der Waals surface area contributed by atoms with Gasteiger partial charge < -0.3 is 42.6 Å². The molecule has 0 saturated heterocycles. The van der Waals surface area contributed by atoms with Gasteiger partial charge in [-0.3, -0.25) is 0 Å². The summed E-state index contributed by atoms with van der Waals surface area (Å²) in [5.74, 6) is 0. The van der Waals surface area contributed by atoms with Crippen LogP contribution in [0.4, 0.5) is 0 Å². The maximum atomic E-state index is 7.56. The van der Waals surface area contributed by atoms with Crippen LogP contribution < -0.4 is 0 Å². The second-order valence-corrected chi connectivity index (χ2v) is 11.3. The van der Waals surface area contributed by atoms with E-state index in [-0.39, 0.29) is 0 Å². The lowest BCUT2D eigenvalue weighted by molar-refractivity contribution is 0.0725. The second kappa shape index (κ2) is 24.2. The van der Waals surface area contributed by atoms with E-state index in [2.05, 4.69) is 23.6 Å². The topological polar surface area (TPSA) is 149 Å². The largest absolute Gasteiger partial charge is 0.500 e. The highest BCUT2D eigenvalue weighted by atomic mass is 32.5.